The van der Waals surface area contributed by atoms with Crippen molar-refractivity contribution in [3.63, 3.8) is 0 Å². The topological polar surface area (TPSA) is 0 Å². The normalized spacial score (nSPS) is 12.9. The number of hydrogen-bond acceptors (Lipinski definition) is 1. The molecule has 0 atom stereocenters. The first-order chi connectivity index (χ1) is 3.68. The van der Waals surface area contributed by atoms with E-state index in [1.54, 1.807) is 0 Å². The van der Waals surface area contributed by atoms with Crippen LogP contribution in [0, 0.1) is 5.92 Å². The Labute approximate surface area is 57.4 Å². The Kier molecular flexibility index (Phi) is 4.06. The molecule has 0 aromatic carbocycles. The lowest BCUT2D eigenvalue weighted by atomic mass is 10.1. The maximum absolute atomic E-state index is 4.08. The lowest BCUT2D eigenvalue weighted by Crippen LogP contribution is -1.87. The van der Waals surface area contributed by atoms with Crippen molar-refractivity contribution in [1.29, 1.82) is 0 Å². The van der Waals surface area contributed by atoms with E-state index in [0.29, 0.717) is 5.92 Å². The molecule has 0 amide bonds. The first-order valence-electron chi connectivity index (χ1n) is 2.96. The fourth-order valence-corrected chi connectivity index (χ4v) is 0.668. The summed E-state index contributed by atoms with van der Waals surface area (Å²) in [7, 11) is 0. The van der Waals surface area contributed by atoms with Gasteiger partial charge < -0.3 is 0 Å². The first-order valence-corrected chi connectivity index (χ1v) is 3.59. The summed E-state index contributed by atoms with van der Waals surface area (Å²) in [5, 5.41) is 0. The van der Waals surface area contributed by atoms with Crippen molar-refractivity contribution in [3.05, 3.63) is 11.6 Å². The fourth-order valence-electron chi connectivity index (χ4n) is 0.380. The van der Waals surface area contributed by atoms with E-state index in [4.69, 9.17) is 0 Å². The van der Waals surface area contributed by atoms with Gasteiger partial charge in [0, 0.05) is 5.75 Å². The smallest absolute Gasteiger partial charge is 0.00851 e. The van der Waals surface area contributed by atoms with Crippen molar-refractivity contribution < 1.29 is 0 Å². The first kappa shape index (κ1) is 8.09. The van der Waals surface area contributed by atoms with Crippen LogP contribution in [0.3, 0.4) is 0 Å². The molecule has 0 N–H and O–H groups in total. The van der Waals surface area contributed by atoms with Crippen LogP contribution in [-0.4, -0.2) is 5.75 Å². The minimum atomic E-state index is 0.683. The highest BCUT2D eigenvalue weighted by Gasteiger charge is 1.91. The van der Waals surface area contributed by atoms with Crippen LogP contribution in [0.25, 0.3) is 0 Å². The number of rotatable bonds is 2. The molecule has 0 nitrogen and oxygen atoms in total. The molecule has 0 spiro atoms. The summed E-state index contributed by atoms with van der Waals surface area (Å²) in [5.74, 6) is 1.55. The third kappa shape index (κ3) is 3.14. The Bertz CT molecular complexity index is 82.4. The minimum absolute atomic E-state index is 0.683. The summed E-state index contributed by atoms with van der Waals surface area (Å²) in [6.07, 6.45) is 2.15. The van der Waals surface area contributed by atoms with Crippen molar-refractivity contribution >= 4 is 12.6 Å². The van der Waals surface area contributed by atoms with Crippen molar-refractivity contribution in [2.24, 2.45) is 5.92 Å². The van der Waals surface area contributed by atoms with Crippen molar-refractivity contribution in [1.82, 2.24) is 0 Å². The average molecular weight is 130 g/mol. The SMILES string of the molecule is CC(=CCS)C(C)C. The molecular formula is C7H14S. The molecule has 8 heavy (non-hydrogen) atoms. The zero-order valence-electron chi connectivity index (χ0n) is 5.81. The van der Waals surface area contributed by atoms with Gasteiger partial charge in [-0.25, -0.2) is 0 Å². The summed E-state index contributed by atoms with van der Waals surface area (Å²) >= 11 is 4.08. The van der Waals surface area contributed by atoms with Crippen molar-refractivity contribution in [2.75, 3.05) is 5.75 Å². The lowest BCUT2D eigenvalue weighted by molar-refractivity contribution is 0.768. The van der Waals surface area contributed by atoms with Gasteiger partial charge in [0.15, 0.2) is 0 Å². The van der Waals surface area contributed by atoms with Crippen LogP contribution in [0.15, 0.2) is 11.6 Å². The molecule has 0 saturated carbocycles. The average Bonchev–Trinajstić information content (AvgIpc) is 1.67. The Morgan fingerprint density at radius 3 is 2.25 bits per heavy atom. The second-order valence-corrected chi connectivity index (χ2v) is 2.65. The molecular weight excluding hydrogens is 116 g/mol. The van der Waals surface area contributed by atoms with Crippen LogP contribution in [0.4, 0.5) is 0 Å². The fraction of sp³-hybridized carbons (Fsp3) is 0.714. The van der Waals surface area contributed by atoms with Crippen LogP contribution < -0.4 is 0 Å². The molecule has 0 aromatic rings. The number of allylic oxidation sites excluding steroid dienone is 1. The third-order valence-electron chi connectivity index (χ3n) is 1.32. The summed E-state index contributed by atoms with van der Waals surface area (Å²) < 4.78 is 0. The van der Waals surface area contributed by atoms with E-state index in [-0.39, 0.29) is 0 Å². The highest BCUT2D eigenvalue weighted by atomic mass is 32.1. The Morgan fingerprint density at radius 2 is 2.12 bits per heavy atom. The maximum Gasteiger partial charge on any atom is 0.00851 e. The van der Waals surface area contributed by atoms with Crippen LogP contribution in [0.5, 0.6) is 0 Å². The van der Waals surface area contributed by atoms with Crippen LogP contribution in [0.2, 0.25) is 0 Å². The lowest BCUT2D eigenvalue weighted by Gasteiger charge is -2.01. The van der Waals surface area contributed by atoms with E-state index >= 15 is 0 Å². The second-order valence-electron chi connectivity index (χ2n) is 2.29. The monoisotopic (exact) mass is 130 g/mol. The van der Waals surface area contributed by atoms with Crippen LogP contribution >= 0.6 is 12.6 Å². The molecule has 0 aliphatic rings. The van der Waals surface area contributed by atoms with E-state index in [1.165, 1.54) is 5.57 Å². The highest BCUT2D eigenvalue weighted by molar-refractivity contribution is 7.80. The van der Waals surface area contributed by atoms with Gasteiger partial charge in [-0.05, 0) is 12.8 Å². The van der Waals surface area contributed by atoms with Crippen molar-refractivity contribution in [3.8, 4) is 0 Å². The number of hydrogen-bond donors (Lipinski definition) is 1. The van der Waals surface area contributed by atoms with Gasteiger partial charge >= 0.3 is 0 Å². The quantitative estimate of drug-likeness (QED) is 0.431. The largest absolute Gasteiger partial charge is 0.175 e. The molecule has 1 heteroatoms. The van der Waals surface area contributed by atoms with E-state index in [0.717, 1.165) is 5.75 Å². The Balaban J connectivity index is 3.61. The van der Waals surface area contributed by atoms with Crippen molar-refractivity contribution in [2.45, 2.75) is 20.8 Å². The summed E-state index contributed by atoms with van der Waals surface area (Å²) in [6.45, 7) is 6.52. The maximum atomic E-state index is 4.08. The molecule has 0 aliphatic heterocycles. The predicted octanol–water partition coefficient (Wildman–Crippen LogP) is 2.52. The molecule has 0 saturated heterocycles. The van der Waals surface area contributed by atoms with E-state index in [9.17, 15) is 0 Å². The van der Waals surface area contributed by atoms with Gasteiger partial charge in [-0.3, -0.25) is 0 Å². The van der Waals surface area contributed by atoms with E-state index in [1.807, 2.05) is 0 Å². The molecule has 48 valence electrons. The van der Waals surface area contributed by atoms with E-state index in [2.05, 4.69) is 39.5 Å². The molecule has 0 rings (SSSR count). The Hall–Kier alpha value is 0.0900. The number of thiol groups is 1. The van der Waals surface area contributed by atoms with Gasteiger partial charge in [0.2, 0.25) is 0 Å². The van der Waals surface area contributed by atoms with Gasteiger partial charge in [-0.2, -0.15) is 12.6 Å². The molecule has 0 bridgehead atoms. The van der Waals surface area contributed by atoms with Gasteiger partial charge in [0.1, 0.15) is 0 Å². The summed E-state index contributed by atoms with van der Waals surface area (Å²) in [4.78, 5) is 0. The standard InChI is InChI=1S/C7H14S/c1-6(2)7(3)4-5-8/h4,6,8H,5H2,1-3H3. The zero-order chi connectivity index (χ0) is 6.57. The Morgan fingerprint density at radius 1 is 1.62 bits per heavy atom. The minimum Gasteiger partial charge on any atom is -0.175 e. The van der Waals surface area contributed by atoms with Gasteiger partial charge in [0.05, 0.1) is 0 Å². The van der Waals surface area contributed by atoms with Gasteiger partial charge in [0.25, 0.3) is 0 Å². The predicted molar refractivity (Wildman–Crippen MR) is 42.4 cm³/mol. The summed E-state index contributed by atoms with van der Waals surface area (Å²) in [6, 6.07) is 0. The molecule has 0 radical (unpaired) electrons. The molecule has 0 aliphatic carbocycles. The molecule has 0 aromatic heterocycles. The van der Waals surface area contributed by atoms with Gasteiger partial charge in [-0.15, -0.1) is 0 Å². The van der Waals surface area contributed by atoms with E-state index < -0.39 is 0 Å². The zero-order valence-corrected chi connectivity index (χ0v) is 6.70. The van der Waals surface area contributed by atoms with Gasteiger partial charge in [-0.1, -0.05) is 25.5 Å². The molecule has 0 fully saturated rings. The summed E-state index contributed by atoms with van der Waals surface area (Å²) in [5.41, 5.74) is 1.43. The highest BCUT2D eigenvalue weighted by Crippen LogP contribution is 2.06. The van der Waals surface area contributed by atoms with Crippen LogP contribution in [0.1, 0.15) is 20.8 Å². The third-order valence-corrected chi connectivity index (χ3v) is 1.51. The molecule has 0 heterocycles. The van der Waals surface area contributed by atoms with Crippen LogP contribution in [-0.2, 0) is 0 Å². The molecule has 0 unspecified atom stereocenters. The second kappa shape index (κ2) is 4.02.